The number of hydrogen-bond donors (Lipinski definition) is 2. The molecule has 0 bridgehead atoms. The lowest BCUT2D eigenvalue weighted by Crippen LogP contribution is -2.40. The van der Waals surface area contributed by atoms with E-state index in [1.807, 2.05) is 19.9 Å². The lowest BCUT2D eigenvalue weighted by Gasteiger charge is -2.17. The molecule has 0 saturated heterocycles. The second-order valence-electron chi connectivity index (χ2n) is 4.25. The molecule has 0 unspecified atom stereocenters. The second-order valence-corrected chi connectivity index (χ2v) is 4.25. The molecule has 0 radical (unpaired) electrons. The molecular weight excluding hydrogens is 230 g/mol. The van der Waals surface area contributed by atoms with Crippen molar-refractivity contribution < 1.29 is 9.53 Å². The first-order valence-corrected chi connectivity index (χ1v) is 5.64. The number of nitrogens with zero attached hydrogens (tertiary/aromatic N) is 1. The SMILES string of the molecule is COc1cccc(C#N)c1NC(=O)[C@H](N)C(C)C. The summed E-state index contributed by atoms with van der Waals surface area (Å²) in [5.74, 6) is 0.134. The Kier molecular flexibility index (Phi) is 4.69. The summed E-state index contributed by atoms with van der Waals surface area (Å²) in [7, 11) is 1.48. The molecule has 1 aromatic carbocycles. The fourth-order valence-electron chi connectivity index (χ4n) is 1.43. The predicted molar refractivity (Wildman–Crippen MR) is 69.2 cm³/mol. The van der Waals surface area contributed by atoms with Crippen LogP contribution in [0.2, 0.25) is 0 Å². The number of nitrogens with one attached hydrogen (secondary N) is 1. The summed E-state index contributed by atoms with van der Waals surface area (Å²) in [5.41, 5.74) is 6.47. The first-order chi connectivity index (χ1) is 8.51. The van der Waals surface area contributed by atoms with Gasteiger partial charge in [-0.15, -0.1) is 0 Å². The normalized spacial score (nSPS) is 11.8. The molecule has 0 saturated carbocycles. The predicted octanol–water partition coefficient (Wildman–Crippen LogP) is 1.49. The summed E-state index contributed by atoms with van der Waals surface area (Å²) in [6.45, 7) is 3.72. The summed E-state index contributed by atoms with van der Waals surface area (Å²) in [6.07, 6.45) is 0. The molecule has 96 valence electrons. The molecule has 5 heteroatoms. The van der Waals surface area contributed by atoms with Gasteiger partial charge in [0, 0.05) is 0 Å². The van der Waals surface area contributed by atoms with E-state index in [1.165, 1.54) is 7.11 Å². The van der Waals surface area contributed by atoms with E-state index in [-0.39, 0.29) is 11.8 Å². The molecular formula is C13H17N3O2. The van der Waals surface area contributed by atoms with Crippen molar-refractivity contribution in [2.24, 2.45) is 11.7 Å². The quantitative estimate of drug-likeness (QED) is 0.843. The Hall–Kier alpha value is -2.06. The van der Waals surface area contributed by atoms with E-state index in [4.69, 9.17) is 15.7 Å². The van der Waals surface area contributed by atoms with Gasteiger partial charge in [-0.3, -0.25) is 4.79 Å². The lowest BCUT2D eigenvalue weighted by atomic mass is 10.0. The van der Waals surface area contributed by atoms with Crippen molar-refractivity contribution >= 4 is 11.6 Å². The number of nitriles is 1. The van der Waals surface area contributed by atoms with Gasteiger partial charge in [0.1, 0.15) is 17.5 Å². The molecule has 1 atom stereocenters. The van der Waals surface area contributed by atoms with Crippen molar-refractivity contribution in [3.05, 3.63) is 23.8 Å². The van der Waals surface area contributed by atoms with Crippen molar-refractivity contribution in [3.63, 3.8) is 0 Å². The lowest BCUT2D eigenvalue weighted by molar-refractivity contribution is -0.118. The van der Waals surface area contributed by atoms with Crippen LogP contribution in [0.15, 0.2) is 18.2 Å². The van der Waals surface area contributed by atoms with E-state index in [1.54, 1.807) is 18.2 Å². The van der Waals surface area contributed by atoms with Crippen molar-refractivity contribution in [2.45, 2.75) is 19.9 Å². The molecule has 3 N–H and O–H groups in total. The zero-order chi connectivity index (χ0) is 13.7. The number of methoxy groups -OCH3 is 1. The minimum Gasteiger partial charge on any atom is -0.495 e. The molecule has 0 aliphatic rings. The molecule has 0 aromatic heterocycles. The molecule has 0 aliphatic carbocycles. The largest absolute Gasteiger partial charge is 0.495 e. The Morgan fingerprint density at radius 2 is 2.17 bits per heavy atom. The van der Waals surface area contributed by atoms with Crippen molar-refractivity contribution in [1.29, 1.82) is 5.26 Å². The van der Waals surface area contributed by atoms with Crippen LogP contribution < -0.4 is 15.8 Å². The number of hydrogen-bond acceptors (Lipinski definition) is 4. The highest BCUT2D eigenvalue weighted by atomic mass is 16.5. The van der Waals surface area contributed by atoms with E-state index in [2.05, 4.69) is 5.32 Å². The third-order valence-corrected chi connectivity index (χ3v) is 2.64. The zero-order valence-electron chi connectivity index (χ0n) is 10.7. The van der Waals surface area contributed by atoms with Crippen molar-refractivity contribution in [3.8, 4) is 11.8 Å². The fourth-order valence-corrected chi connectivity index (χ4v) is 1.43. The maximum absolute atomic E-state index is 11.9. The molecule has 0 spiro atoms. The fraction of sp³-hybridized carbons (Fsp3) is 0.385. The molecule has 5 nitrogen and oxygen atoms in total. The van der Waals surface area contributed by atoms with Gasteiger partial charge >= 0.3 is 0 Å². The summed E-state index contributed by atoms with van der Waals surface area (Å²) >= 11 is 0. The summed E-state index contributed by atoms with van der Waals surface area (Å²) in [6, 6.07) is 6.36. The number of anilines is 1. The topological polar surface area (TPSA) is 88.1 Å². The summed E-state index contributed by atoms with van der Waals surface area (Å²) in [4.78, 5) is 11.9. The van der Waals surface area contributed by atoms with Gasteiger partial charge in [0.05, 0.1) is 18.7 Å². The Labute approximate surface area is 107 Å². The standard InChI is InChI=1S/C13H17N3O2/c1-8(2)11(15)13(17)16-12-9(7-14)5-4-6-10(12)18-3/h4-6,8,11H,15H2,1-3H3,(H,16,17)/t11-/m1/s1. The molecule has 0 fully saturated rings. The zero-order valence-corrected chi connectivity index (χ0v) is 10.7. The Morgan fingerprint density at radius 3 is 2.67 bits per heavy atom. The minimum absolute atomic E-state index is 0.0187. The van der Waals surface area contributed by atoms with Crippen LogP contribution in [-0.2, 0) is 4.79 Å². The number of benzene rings is 1. The number of carbonyl (C=O) groups excluding carboxylic acids is 1. The first kappa shape index (κ1) is 14.0. The maximum atomic E-state index is 11.9. The first-order valence-electron chi connectivity index (χ1n) is 5.64. The molecule has 18 heavy (non-hydrogen) atoms. The molecule has 0 aliphatic heterocycles. The van der Waals surface area contributed by atoms with Crippen LogP contribution in [0.3, 0.4) is 0 Å². The Morgan fingerprint density at radius 1 is 1.50 bits per heavy atom. The van der Waals surface area contributed by atoms with E-state index in [0.29, 0.717) is 17.0 Å². The van der Waals surface area contributed by atoms with Gasteiger partial charge in [-0.05, 0) is 18.1 Å². The maximum Gasteiger partial charge on any atom is 0.241 e. The third-order valence-electron chi connectivity index (χ3n) is 2.64. The molecule has 1 amide bonds. The highest BCUT2D eigenvalue weighted by molar-refractivity contribution is 5.97. The van der Waals surface area contributed by atoms with E-state index in [9.17, 15) is 4.79 Å². The van der Waals surface area contributed by atoms with Crippen LogP contribution in [0, 0.1) is 17.2 Å². The van der Waals surface area contributed by atoms with Crippen molar-refractivity contribution in [2.75, 3.05) is 12.4 Å². The van der Waals surface area contributed by atoms with E-state index in [0.717, 1.165) is 0 Å². The third kappa shape index (κ3) is 2.99. The summed E-state index contributed by atoms with van der Waals surface area (Å²) < 4.78 is 5.12. The van der Waals surface area contributed by atoms with Gasteiger partial charge < -0.3 is 15.8 Å². The average molecular weight is 247 g/mol. The number of carbonyl (C=O) groups is 1. The number of para-hydroxylation sites is 1. The highest BCUT2D eigenvalue weighted by Crippen LogP contribution is 2.28. The molecule has 1 aromatic rings. The van der Waals surface area contributed by atoms with Gasteiger partial charge in [-0.1, -0.05) is 19.9 Å². The number of ether oxygens (including phenoxy) is 1. The summed E-state index contributed by atoms with van der Waals surface area (Å²) in [5, 5.41) is 11.7. The van der Waals surface area contributed by atoms with Crippen LogP contribution in [0.4, 0.5) is 5.69 Å². The van der Waals surface area contributed by atoms with Crippen LogP contribution in [0.1, 0.15) is 19.4 Å². The Balaban J connectivity index is 3.04. The van der Waals surface area contributed by atoms with Crippen LogP contribution in [0.25, 0.3) is 0 Å². The van der Waals surface area contributed by atoms with Gasteiger partial charge in [0.25, 0.3) is 0 Å². The number of rotatable bonds is 4. The van der Waals surface area contributed by atoms with Gasteiger partial charge in [-0.25, -0.2) is 0 Å². The Bertz CT molecular complexity index is 478. The number of nitrogens with two attached hydrogens (primary N) is 1. The van der Waals surface area contributed by atoms with Gasteiger partial charge in [-0.2, -0.15) is 5.26 Å². The molecule has 0 heterocycles. The molecule has 1 rings (SSSR count). The van der Waals surface area contributed by atoms with Crippen LogP contribution in [-0.4, -0.2) is 19.1 Å². The smallest absolute Gasteiger partial charge is 0.241 e. The van der Waals surface area contributed by atoms with Crippen LogP contribution >= 0.6 is 0 Å². The van der Waals surface area contributed by atoms with E-state index >= 15 is 0 Å². The van der Waals surface area contributed by atoms with Gasteiger partial charge in [0.2, 0.25) is 5.91 Å². The van der Waals surface area contributed by atoms with Gasteiger partial charge in [0.15, 0.2) is 0 Å². The minimum atomic E-state index is -0.624. The average Bonchev–Trinajstić information content (AvgIpc) is 2.37. The highest BCUT2D eigenvalue weighted by Gasteiger charge is 2.20. The van der Waals surface area contributed by atoms with Crippen molar-refractivity contribution in [1.82, 2.24) is 0 Å². The van der Waals surface area contributed by atoms with E-state index < -0.39 is 6.04 Å². The monoisotopic (exact) mass is 247 g/mol. The van der Waals surface area contributed by atoms with Crippen LogP contribution in [0.5, 0.6) is 5.75 Å². The second kappa shape index (κ2) is 6.03. The number of amides is 1.